The summed E-state index contributed by atoms with van der Waals surface area (Å²) >= 11 is 0. The first-order valence-electron chi connectivity index (χ1n) is 10.7. The van der Waals surface area contributed by atoms with Gasteiger partial charge in [-0.25, -0.2) is 9.97 Å². The Kier molecular flexibility index (Phi) is 4.54. The second kappa shape index (κ2) is 8.10. The first-order chi connectivity index (χ1) is 16.1. The number of phenols is 1. The van der Waals surface area contributed by atoms with Crippen LogP contribution in [0.25, 0.3) is 38.5 Å². The molecule has 0 atom stereocenters. The SMILES string of the molecule is [2H]c1ccnc(-n2c3[c-]c(Oc4ccc5cccc(O)c5n4)ccc3c3ccccc32)c1[2H].[Pt]. The van der Waals surface area contributed by atoms with Gasteiger partial charge in [-0.1, -0.05) is 41.9 Å². The Morgan fingerprint density at radius 2 is 1.84 bits per heavy atom. The van der Waals surface area contributed by atoms with Crippen molar-refractivity contribution in [1.82, 2.24) is 14.5 Å². The van der Waals surface area contributed by atoms with Crippen molar-refractivity contribution in [1.29, 1.82) is 0 Å². The van der Waals surface area contributed by atoms with Gasteiger partial charge in [-0.15, -0.1) is 17.5 Å². The van der Waals surface area contributed by atoms with Gasteiger partial charge in [-0.05, 0) is 35.7 Å². The average Bonchev–Trinajstić information content (AvgIpc) is 3.15. The molecule has 0 fully saturated rings. The van der Waals surface area contributed by atoms with E-state index in [9.17, 15) is 5.11 Å². The average molecular weight is 600 g/mol. The zero-order valence-corrected chi connectivity index (χ0v) is 18.8. The van der Waals surface area contributed by atoms with E-state index in [1.54, 1.807) is 18.2 Å². The molecule has 0 amide bonds. The summed E-state index contributed by atoms with van der Waals surface area (Å²) in [4.78, 5) is 8.83. The number of aromatic nitrogens is 3. The van der Waals surface area contributed by atoms with Crippen LogP contribution in [0.3, 0.4) is 0 Å². The van der Waals surface area contributed by atoms with E-state index in [4.69, 9.17) is 7.48 Å². The Balaban J connectivity index is 0.00000241. The van der Waals surface area contributed by atoms with E-state index in [2.05, 4.69) is 16.0 Å². The third-order valence-electron chi connectivity index (χ3n) is 5.20. The van der Waals surface area contributed by atoms with Crippen molar-refractivity contribution in [2.75, 3.05) is 0 Å². The van der Waals surface area contributed by atoms with Crippen molar-refractivity contribution >= 4 is 32.7 Å². The number of aromatic hydroxyl groups is 1. The predicted octanol–water partition coefficient (Wildman–Crippen LogP) is 6.02. The standard InChI is InChI=1S/C26H16N3O2.Pt/c30-23-9-5-6-17-11-14-25(28-26(17)23)31-18-12-13-20-19-7-1-2-8-21(19)29(22(20)16-18)24-10-3-4-15-27-24;/h1-15,30H;/q-1;/i3D,10D;. The van der Waals surface area contributed by atoms with Crippen LogP contribution in [-0.4, -0.2) is 19.6 Å². The molecule has 0 radical (unpaired) electrons. The van der Waals surface area contributed by atoms with Gasteiger partial charge in [0.15, 0.2) is 0 Å². The van der Waals surface area contributed by atoms with Crippen LogP contribution in [0.1, 0.15) is 2.74 Å². The Morgan fingerprint density at radius 1 is 0.938 bits per heavy atom. The van der Waals surface area contributed by atoms with Gasteiger partial charge < -0.3 is 14.4 Å². The molecule has 0 aliphatic rings. The molecule has 32 heavy (non-hydrogen) atoms. The van der Waals surface area contributed by atoms with Crippen LogP contribution in [0.4, 0.5) is 0 Å². The number of rotatable bonds is 3. The van der Waals surface area contributed by atoms with Gasteiger partial charge in [-0.2, -0.15) is 6.07 Å². The molecule has 158 valence electrons. The molecule has 6 aromatic rings. The quantitative estimate of drug-likeness (QED) is 0.253. The zero-order valence-electron chi connectivity index (χ0n) is 18.5. The second-order valence-corrected chi connectivity index (χ2v) is 7.08. The van der Waals surface area contributed by atoms with Gasteiger partial charge in [0.25, 0.3) is 0 Å². The first-order valence-corrected chi connectivity index (χ1v) is 9.75. The van der Waals surface area contributed by atoms with E-state index in [1.807, 2.05) is 53.1 Å². The maximum Gasteiger partial charge on any atom is 0.217 e. The minimum Gasteiger partial charge on any atom is -0.506 e. The Morgan fingerprint density at radius 3 is 2.78 bits per heavy atom. The zero-order chi connectivity index (χ0) is 22.5. The molecule has 0 spiro atoms. The summed E-state index contributed by atoms with van der Waals surface area (Å²) in [7, 11) is 0. The van der Waals surface area contributed by atoms with E-state index in [0.29, 0.717) is 28.5 Å². The van der Waals surface area contributed by atoms with Crippen molar-refractivity contribution in [3.05, 3.63) is 97.1 Å². The smallest absolute Gasteiger partial charge is 0.217 e. The van der Waals surface area contributed by atoms with Gasteiger partial charge in [0.1, 0.15) is 17.1 Å². The molecule has 3 heterocycles. The van der Waals surface area contributed by atoms with Crippen molar-refractivity contribution in [3.63, 3.8) is 0 Å². The number of hydrogen-bond donors (Lipinski definition) is 1. The van der Waals surface area contributed by atoms with Crippen LogP contribution in [-0.2, 0) is 21.1 Å². The summed E-state index contributed by atoms with van der Waals surface area (Å²) < 4.78 is 24.3. The molecule has 5 nitrogen and oxygen atoms in total. The minimum atomic E-state index is 0. The molecule has 1 N–H and O–H groups in total. The molecule has 0 aliphatic heterocycles. The number of benzene rings is 3. The van der Waals surface area contributed by atoms with Gasteiger partial charge in [0, 0.05) is 50.0 Å². The van der Waals surface area contributed by atoms with Crippen LogP contribution >= 0.6 is 0 Å². The maximum absolute atomic E-state index is 10.1. The minimum absolute atomic E-state index is 0. The van der Waals surface area contributed by atoms with E-state index < -0.39 is 0 Å². The molecule has 3 aromatic heterocycles. The third kappa shape index (κ3) is 3.31. The van der Waals surface area contributed by atoms with Gasteiger partial charge in [0.05, 0.1) is 2.74 Å². The number of hydrogen-bond acceptors (Lipinski definition) is 4. The summed E-state index contributed by atoms with van der Waals surface area (Å²) in [6.07, 6.45) is 1.53. The summed E-state index contributed by atoms with van der Waals surface area (Å²) in [5, 5.41) is 12.9. The monoisotopic (exact) mass is 599 g/mol. The molecule has 0 bridgehead atoms. The van der Waals surface area contributed by atoms with E-state index >= 15 is 0 Å². The largest absolute Gasteiger partial charge is 0.506 e. The molecular formula is C26H16N3O2Pt-. The summed E-state index contributed by atoms with van der Waals surface area (Å²) in [5.41, 5.74) is 2.01. The molecule has 0 aliphatic carbocycles. The fourth-order valence-electron chi connectivity index (χ4n) is 3.83. The van der Waals surface area contributed by atoms with Gasteiger partial charge >= 0.3 is 0 Å². The Bertz CT molecular complexity index is 1700. The summed E-state index contributed by atoms with van der Waals surface area (Å²) in [6, 6.07) is 25.3. The van der Waals surface area contributed by atoms with E-state index in [0.717, 1.165) is 21.7 Å². The number of para-hydroxylation sites is 2. The van der Waals surface area contributed by atoms with Gasteiger partial charge in [0.2, 0.25) is 5.88 Å². The number of nitrogens with zero attached hydrogens (tertiary/aromatic N) is 3. The number of ether oxygens (including phenoxy) is 1. The Labute approximate surface area is 201 Å². The van der Waals surface area contributed by atoms with Crippen molar-refractivity contribution < 1.29 is 33.7 Å². The second-order valence-electron chi connectivity index (χ2n) is 7.08. The number of phenolic OH excluding ortho intramolecular Hbond substituents is 1. The number of pyridine rings is 2. The van der Waals surface area contributed by atoms with Gasteiger partial charge in [-0.3, -0.25) is 0 Å². The molecule has 0 unspecified atom stereocenters. The normalized spacial score (nSPS) is 11.9. The molecular weight excluding hydrogens is 581 g/mol. The third-order valence-corrected chi connectivity index (χ3v) is 5.20. The fraction of sp³-hybridized carbons (Fsp3) is 0. The predicted molar refractivity (Wildman–Crippen MR) is 121 cm³/mol. The molecule has 6 rings (SSSR count). The molecule has 3 aromatic carbocycles. The summed E-state index contributed by atoms with van der Waals surface area (Å²) in [6.45, 7) is 0. The topological polar surface area (TPSA) is 60.2 Å². The fourth-order valence-corrected chi connectivity index (χ4v) is 3.83. The van der Waals surface area contributed by atoms with E-state index in [-0.39, 0.29) is 38.9 Å². The Hall–Kier alpha value is -3.69. The van der Waals surface area contributed by atoms with Crippen LogP contribution in [0.5, 0.6) is 17.4 Å². The maximum atomic E-state index is 10.1. The van der Waals surface area contributed by atoms with E-state index in [1.165, 1.54) is 12.3 Å². The van der Waals surface area contributed by atoms with Crippen LogP contribution in [0.2, 0.25) is 0 Å². The van der Waals surface area contributed by atoms with Crippen molar-refractivity contribution in [3.8, 4) is 23.2 Å². The first kappa shape index (κ1) is 17.9. The van der Waals surface area contributed by atoms with Crippen molar-refractivity contribution in [2.45, 2.75) is 0 Å². The van der Waals surface area contributed by atoms with Crippen LogP contribution in [0.15, 0.2) is 91.1 Å². The molecule has 6 heteroatoms. The molecule has 0 saturated heterocycles. The summed E-state index contributed by atoms with van der Waals surface area (Å²) in [5.74, 6) is 1.20. The van der Waals surface area contributed by atoms with Crippen LogP contribution in [0, 0.1) is 6.07 Å². The van der Waals surface area contributed by atoms with Crippen molar-refractivity contribution in [2.24, 2.45) is 0 Å². The van der Waals surface area contributed by atoms with Crippen LogP contribution < -0.4 is 4.74 Å². The molecule has 0 saturated carbocycles. The number of fused-ring (bicyclic) bond motifs is 4.